The van der Waals surface area contributed by atoms with Crippen molar-refractivity contribution in [1.82, 2.24) is 4.90 Å². The van der Waals surface area contributed by atoms with Gasteiger partial charge in [0.15, 0.2) is 0 Å². The Morgan fingerprint density at radius 3 is 2.65 bits per heavy atom. The van der Waals surface area contributed by atoms with E-state index in [1.165, 1.54) is 0 Å². The van der Waals surface area contributed by atoms with E-state index in [9.17, 15) is 9.90 Å². The lowest BCUT2D eigenvalue weighted by atomic mass is 9.76. The summed E-state index contributed by atoms with van der Waals surface area (Å²) in [4.78, 5) is 14.3. The van der Waals surface area contributed by atoms with Crippen molar-refractivity contribution in [3.05, 3.63) is 0 Å². The fourth-order valence-corrected chi connectivity index (χ4v) is 3.59. The summed E-state index contributed by atoms with van der Waals surface area (Å²) in [5.74, 6) is 0.473. The van der Waals surface area contributed by atoms with Crippen LogP contribution in [0.5, 0.6) is 0 Å². The van der Waals surface area contributed by atoms with E-state index in [0.29, 0.717) is 38.5 Å². The van der Waals surface area contributed by atoms with Crippen molar-refractivity contribution in [2.24, 2.45) is 11.7 Å². The molecule has 2 atom stereocenters. The maximum absolute atomic E-state index is 12.6. The first-order chi connectivity index (χ1) is 9.35. The van der Waals surface area contributed by atoms with Crippen LogP contribution in [-0.4, -0.2) is 53.9 Å². The molecule has 2 aliphatic rings. The summed E-state index contributed by atoms with van der Waals surface area (Å²) in [7, 11) is 1.75. The van der Waals surface area contributed by atoms with Crippen molar-refractivity contribution in [3.8, 4) is 0 Å². The summed E-state index contributed by atoms with van der Waals surface area (Å²) in [5, 5.41) is 10.5. The predicted octanol–water partition coefficient (Wildman–Crippen LogP) is 0.894. The summed E-state index contributed by atoms with van der Waals surface area (Å²) in [6.45, 7) is 3.62. The Kier molecular flexibility index (Phi) is 4.72. The molecule has 1 aliphatic carbocycles. The molecule has 0 aromatic rings. The van der Waals surface area contributed by atoms with Crippen molar-refractivity contribution < 1.29 is 14.6 Å². The number of likely N-dealkylation sites (N-methyl/N-ethyl adjacent to an activating group) is 1. The van der Waals surface area contributed by atoms with Crippen LogP contribution >= 0.6 is 0 Å². The second-order valence-corrected chi connectivity index (χ2v) is 6.86. The van der Waals surface area contributed by atoms with Gasteiger partial charge in [0.25, 0.3) is 0 Å². The highest BCUT2D eigenvalue weighted by molar-refractivity contribution is 5.86. The van der Waals surface area contributed by atoms with E-state index in [1.807, 2.05) is 0 Å². The number of carbonyl (C=O) groups is 1. The Balaban J connectivity index is 1.97. The molecule has 1 amide bonds. The molecule has 2 rings (SSSR count). The van der Waals surface area contributed by atoms with Gasteiger partial charge in [-0.3, -0.25) is 4.79 Å². The third kappa shape index (κ3) is 3.51. The maximum Gasteiger partial charge on any atom is 0.242 e. The van der Waals surface area contributed by atoms with Crippen LogP contribution in [0.4, 0.5) is 0 Å². The van der Waals surface area contributed by atoms with Crippen molar-refractivity contribution in [2.75, 3.05) is 26.8 Å². The quantitative estimate of drug-likeness (QED) is 0.807. The lowest BCUT2D eigenvalue weighted by Gasteiger charge is -2.41. The van der Waals surface area contributed by atoms with E-state index in [2.05, 4.69) is 6.92 Å². The molecular formula is C15H28N2O3. The molecule has 20 heavy (non-hydrogen) atoms. The number of hydrogen-bond donors (Lipinski definition) is 2. The molecule has 5 heteroatoms. The predicted molar refractivity (Wildman–Crippen MR) is 77.2 cm³/mol. The topological polar surface area (TPSA) is 75.8 Å². The van der Waals surface area contributed by atoms with Crippen LogP contribution < -0.4 is 5.73 Å². The van der Waals surface area contributed by atoms with E-state index in [1.54, 1.807) is 11.9 Å². The number of rotatable bonds is 3. The van der Waals surface area contributed by atoms with Gasteiger partial charge in [-0.25, -0.2) is 0 Å². The largest absolute Gasteiger partial charge is 0.388 e. The third-order valence-electron chi connectivity index (χ3n) is 4.76. The molecule has 0 bridgehead atoms. The number of ether oxygens (including phenoxy) is 1. The van der Waals surface area contributed by atoms with Gasteiger partial charge in [0.1, 0.15) is 0 Å². The first-order valence-corrected chi connectivity index (χ1v) is 7.69. The second-order valence-electron chi connectivity index (χ2n) is 6.86. The van der Waals surface area contributed by atoms with Crippen molar-refractivity contribution in [2.45, 2.75) is 56.6 Å². The van der Waals surface area contributed by atoms with Gasteiger partial charge in [0.05, 0.1) is 11.1 Å². The highest BCUT2D eigenvalue weighted by Gasteiger charge is 2.41. The molecule has 0 spiro atoms. The van der Waals surface area contributed by atoms with Crippen molar-refractivity contribution in [1.29, 1.82) is 0 Å². The van der Waals surface area contributed by atoms with E-state index in [0.717, 1.165) is 25.7 Å². The van der Waals surface area contributed by atoms with E-state index >= 15 is 0 Å². The lowest BCUT2D eigenvalue weighted by Crippen LogP contribution is -2.59. The molecular weight excluding hydrogens is 256 g/mol. The van der Waals surface area contributed by atoms with Gasteiger partial charge in [-0.15, -0.1) is 0 Å². The molecule has 5 nitrogen and oxygen atoms in total. The zero-order valence-corrected chi connectivity index (χ0v) is 12.7. The minimum absolute atomic E-state index is 0.0241. The zero-order valence-electron chi connectivity index (χ0n) is 12.7. The van der Waals surface area contributed by atoms with Crippen LogP contribution in [0.25, 0.3) is 0 Å². The number of aliphatic hydroxyl groups is 1. The number of hydrogen-bond acceptors (Lipinski definition) is 4. The Bertz CT molecular complexity index is 355. The Labute approximate surface area is 121 Å². The molecule has 116 valence electrons. The number of carbonyl (C=O) groups excluding carboxylic acids is 1. The first-order valence-electron chi connectivity index (χ1n) is 7.69. The number of nitrogens with two attached hydrogens (primary N) is 1. The molecule has 1 aliphatic heterocycles. The molecule has 1 heterocycles. The van der Waals surface area contributed by atoms with Gasteiger partial charge >= 0.3 is 0 Å². The first kappa shape index (κ1) is 15.7. The number of nitrogens with zero attached hydrogens (tertiary/aromatic N) is 1. The Morgan fingerprint density at radius 2 is 2.05 bits per heavy atom. The van der Waals surface area contributed by atoms with Crippen molar-refractivity contribution >= 4 is 5.91 Å². The molecule has 0 radical (unpaired) electrons. The van der Waals surface area contributed by atoms with Crippen LogP contribution in [0.3, 0.4) is 0 Å². The summed E-state index contributed by atoms with van der Waals surface area (Å²) in [6, 6.07) is 0. The monoisotopic (exact) mass is 284 g/mol. The standard InChI is InChI=1S/C15H28N2O3/c1-12-4-3-5-15(16,10-12)13(18)17(2)11-14(19)6-8-20-9-7-14/h12,19H,3-11,16H2,1-2H3. The lowest BCUT2D eigenvalue weighted by molar-refractivity contribution is -0.144. The summed E-state index contributed by atoms with van der Waals surface area (Å²) in [6.07, 6.45) is 4.82. The van der Waals surface area contributed by atoms with E-state index in [-0.39, 0.29) is 5.91 Å². The minimum atomic E-state index is -0.820. The van der Waals surface area contributed by atoms with Crippen molar-refractivity contribution in [3.63, 3.8) is 0 Å². The second kappa shape index (κ2) is 6.00. The van der Waals surface area contributed by atoms with Crippen LogP contribution in [-0.2, 0) is 9.53 Å². The Morgan fingerprint density at radius 1 is 1.40 bits per heavy atom. The minimum Gasteiger partial charge on any atom is -0.388 e. The summed E-state index contributed by atoms with van der Waals surface area (Å²) in [5.41, 5.74) is 4.78. The molecule has 2 fully saturated rings. The molecule has 2 unspecified atom stereocenters. The average Bonchev–Trinajstić information content (AvgIpc) is 2.37. The zero-order chi connectivity index (χ0) is 14.8. The summed E-state index contributed by atoms with van der Waals surface area (Å²) < 4.78 is 5.27. The fraction of sp³-hybridized carbons (Fsp3) is 0.933. The number of amides is 1. The smallest absolute Gasteiger partial charge is 0.242 e. The van der Waals surface area contributed by atoms with Crippen LogP contribution in [0.1, 0.15) is 45.4 Å². The third-order valence-corrected chi connectivity index (χ3v) is 4.76. The Hall–Kier alpha value is -0.650. The van der Waals surface area contributed by atoms with E-state index < -0.39 is 11.1 Å². The fourth-order valence-electron chi connectivity index (χ4n) is 3.59. The normalized spacial score (nSPS) is 33.7. The molecule has 0 aromatic carbocycles. The molecule has 1 saturated carbocycles. The van der Waals surface area contributed by atoms with Crippen LogP contribution in [0.15, 0.2) is 0 Å². The van der Waals surface area contributed by atoms with Gasteiger partial charge in [-0.2, -0.15) is 0 Å². The highest BCUT2D eigenvalue weighted by atomic mass is 16.5. The van der Waals surface area contributed by atoms with Crippen LogP contribution in [0, 0.1) is 5.92 Å². The maximum atomic E-state index is 12.6. The summed E-state index contributed by atoms with van der Waals surface area (Å²) >= 11 is 0. The van der Waals surface area contributed by atoms with Crippen LogP contribution in [0.2, 0.25) is 0 Å². The average molecular weight is 284 g/mol. The van der Waals surface area contributed by atoms with E-state index in [4.69, 9.17) is 10.5 Å². The highest BCUT2D eigenvalue weighted by Crippen LogP contribution is 2.32. The molecule has 0 aromatic heterocycles. The van der Waals surface area contributed by atoms with Gasteiger partial charge < -0.3 is 20.5 Å². The molecule has 3 N–H and O–H groups in total. The van der Waals surface area contributed by atoms with Gasteiger partial charge in [-0.1, -0.05) is 19.8 Å². The van der Waals surface area contributed by atoms with Gasteiger partial charge in [0, 0.05) is 39.6 Å². The van der Waals surface area contributed by atoms with Gasteiger partial charge in [0.2, 0.25) is 5.91 Å². The molecule has 1 saturated heterocycles. The SMILES string of the molecule is CC1CCCC(N)(C(=O)N(C)CC2(O)CCOCC2)C1. The van der Waals surface area contributed by atoms with Gasteiger partial charge in [-0.05, 0) is 18.8 Å².